The van der Waals surface area contributed by atoms with Gasteiger partial charge in [0.25, 0.3) is 0 Å². The normalized spacial score (nSPS) is 18.1. The smallest absolute Gasteiger partial charge is 0.0723 e. The molecule has 0 amide bonds. The molecule has 36 valence electrons. The van der Waals surface area contributed by atoms with Crippen LogP contribution in [0.5, 0.6) is 0 Å². The van der Waals surface area contributed by atoms with Gasteiger partial charge in [-0.15, -0.1) is 0 Å². The maximum atomic E-state index is 8.56. The topological polar surface area (TPSA) is 37.9 Å². The molecule has 0 saturated heterocycles. The molecular formula is C4H5N3. The zero-order valence-electron chi connectivity index (χ0n) is 3.78. The predicted molar refractivity (Wildman–Crippen MR) is 26.5 cm³/mol. The highest BCUT2D eigenvalue weighted by Gasteiger charge is 1.90. The maximum absolute atomic E-state index is 8.56. The van der Waals surface area contributed by atoms with Crippen molar-refractivity contribution in [2.75, 3.05) is 6.54 Å². The first-order chi connectivity index (χ1) is 3.39. The zero-order chi connectivity index (χ0) is 5.11. The molecule has 0 aromatic carbocycles. The molecule has 2 radical (unpaired) electrons. The maximum Gasteiger partial charge on any atom is 0.0723 e. The lowest BCUT2D eigenvalue weighted by molar-refractivity contribution is 0.425. The first-order valence-corrected chi connectivity index (χ1v) is 2.03. The molecule has 0 unspecified atom stereocenters. The van der Waals surface area contributed by atoms with Crippen molar-refractivity contribution in [1.29, 1.82) is 0 Å². The molecule has 0 spiro atoms. The number of rotatable bonds is 0. The minimum absolute atomic E-state index is 0.497. The molecular weight excluding hydrogens is 90.1 g/mol. The van der Waals surface area contributed by atoms with Gasteiger partial charge in [0.1, 0.15) is 0 Å². The van der Waals surface area contributed by atoms with E-state index in [2.05, 4.69) is 4.99 Å². The second kappa shape index (κ2) is 1.75. The van der Waals surface area contributed by atoms with Crippen molar-refractivity contribution < 1.29 is 0 Å². The fourth-order valence-electron chi connectivity index (χ4n) is 0.368. The minimum atomic E-state index is 0.497. The summed E-state index contributed by atoms with van der Waals surface area (Å²) in [6.07, 6.45) is 4.66. The van der Waals surface area contributed by atoms with Crippen molar-refractivity contribution in [2.45, 2.75) is 0 Å². The highest BCUT2D eigenvalue weighted by atomic mass is 15.4. The third-order valence-electron chi connectivity index (χ3n) is 0.699. The number of nitrogens with zero attached hydrogens (tertiary/aromatic N) is 3. The summed E-state index contributed by atoms with van der Waals surface area (Å²) in [6.45, 7) is 0.497. The Kier molecular flexibility index (Phi) is 1.08. The standard InChI is InChI=1S/C4H5N3/c5-7-3-1-6-2-4-7/h1-3H,4H2. The number of aliphatic imine (C=N–C) groups is 1. The van der Waals surface area contributed by atoms with Gasteiger partial charge >= 0.3 is 0 Å². The van der Waals surface area contributed by atoms with Gasteiger partial charge < -0.3 is 0 Å². The summed E-state index contributed by atoms with van der Waals surface area (Å²) in [5, 5.41) is 1.06. The predicted octanol–water partition coefficient (Wildman–Crippen LogP) is -0.172. The van der Waals surface area contributed by atoms with E-state index in [1.54, 1.807) is 6.21 Å². The largest absolute Gasteiger partial charge is 0.273 e. The van der Waals surface area contributed by atoms with E-state index < -0.39 is 0 Å². The monoisotopic (exact) mass is 95.0 g/mol. The SMILES string of the molecule is [N]N1C=CN=CC1. The molecule has 0 aromatic heterocycles. The molecule has 0 N–H and O–H groups in total. The first-order valence-electron chi connectivity index (χ1n) is 2.03. The molecule has 0 atom stereocenters. The molecule has 0 aromatic rings. The molecule has 1 aliphatic heterocycles. The van der Waals surface area contributed by atoms with E-state index in [1.807, 2.05) is 0 Å². The second-order valence-electron chi connectivity index (χ2n) is 1.25. The van der Waals surface area contributed by atoms with Crippen LogP contribution in [0.1, 0.15) is 0 Å². The van der Waals surface area contributed by atoms with Crippen LogP contribution in [0, 0.1) is 0 Å². The Labute approximate surface area is 42.1 Å². The fourth-order valence-corrected chi connectivity index (χ4v) is 0.368. The molecule has 1 heterocycles. The highest BCUT2D eigenvalue weighted by Crippen LogP contribution is 1.85. The van der Waals surface area contributed by atoms with E-state index in [9.17, 15) is 0 Å². The van der Waals surface area contributed by atoms with Crippen molar-refractivity contribution in [3.05, 3.63) is 12.4 Å². The Hall–Kier alpha value is -0.830. The third-order valence-corrected chi connectivity index (χ3v) is 0.699. The van der Waals surface area contributed by atoms with Crippen LogP contribution in [0.4, 0.5) is 0 Å². The van der Waals surface area contributed by atoms with Crippen molar-refractivity contribution in [2.24, 2.45) is 4.99 Å². The number of hydrogen-bond donors (Lipinski definition) is 0. The summed E-state index contributed by atoms with van der Waals surface area (Å²) in [7, 11) is 0. The van der Waals surface area contributed by atoms with Crippen molar-refractivity contribution in [3.63, 3.8) is 0 Å². The van der Waals surface area contributed by atoms with Crippen LogP contribution in [0.2, 0.25) is 0 Å². The van der Waals surface area contributed by atoms with Crippen molar-refractivity contribution in [3.8, 4) is 0 Å². The Morgan fingerprint density at radius 3 is 2.86 bits per heavy atom. The van der Waals surface area contributed by atoms with Crippen LogP contribution in [0.15, 0.2) is 17.4 Å². The molecule has 1 aliphatic rings. The van der Waals surface area contributed by atoms with E-state index in [4.69, 9.17) is 5.84 Å². The summed E-state index contributed by atoms with van der Waals surface area (Å²) < 4.78 is 0. The van der Waals surface area contributed by atoms with Gasteiger partial charge in [-0.25, -0.2) is 0 Å². The zero-order valence-corrected chi connectivity index (χ0v) is 3.78. The van der Waals surface area contributed by atoms with Gasteiger partial charge in [0.2, 0.25) is 0 Å². The van der Waals surface area contributed by atoms with Crippen molar-refractivity contribution in [1.82, 2.24) is 10.9 Å². The fraction of sp³-hybridized carbons (Fsp3) is 0.250. The molecule has 7 heavy (non-hydrogen) atoms. The van der Waals surface area contributed by atoms with Gasteiger partial charge in [0.05, 0.1) is 6.54 Å². The summed E-state index contributed by atoms with van der Waals surface area (Å²) >= 11 is 0. The van der Waals surface area contributed by atoms with Gasteiger partial charge in [-0.05, 0) is 5.84 Å². The quantitative estimate of drug-likeness (QED) is 0.411. The van der Waals surface area contributed by atoms with Crippen LogP contribution in [0.25, 0.3) is 0 Å². The number of hydrogen-bond acceptors (Lipinski definition) is 2. The molecule has 0 bridgehead atoms. The molecule has 1 rings (SSSR count). The van der Waals surface area contributed by atoms with E-state index >= 15 is 0 Å². The van der Waals surface area contributed by atoms with Crippen LogP contribution >= 0.6 is 0 Å². The average Bonchev–Trinajstić information content (AvgIpc) is 1.69. The van der Waals surface area contributed by atoms with Gasteiger partial charge in [-0.3, -0.25) is 10.0 Å². The Balaban J connectivity index is 2.49. The van der Waals surface area contributed by atoms with Crippen LogP contribution < -0.4 is 5.84 Å². The Bertz CT molecular complexity index is 106. The van der Waals surface area contributed by atoms with Crippen LogP contribution in [0.3, 0.4) is 0 Å². The van der Waals surface area contributed by atoms with Gasteiger partial charge in [0.15, 0.2) is 0 Å². The van der Waals surface area contributed by atoms with Crippen LogP contribution in [-0.2, 0) is 0 Å². The lowest BCUT2D eigenvalue weighted by atomic mass is 10.6. The molecule has 0 saturated carbocycles. The van der Waals surface area contributed by atoms with E-state index in [0.717, 1.165) is 5.01 Å². The summed E-state index contributed by atoms with van der Waals surface area (Å²) in [6, 6.07) is 0. The third kappa shape index (κ3) is 1.01. The Morgan fingerprint density at radius 2 is 2.57 bits per heavy atom. The van der Waals surface area contributed by atoms with Crippen LogP contribution in [-0.4, -0.2) is 17.8 Å². The van der Waals surface area contributed by atoms with Gasteiger partial charge in [-0.2, -0.15) is 0 Å². The van der Waals surface area contributed by atoms with Gasteiger partial charge in [-0.1, -0.05) is 0 Å². The summed E-state index contributed by atoms with van der Waals surface area (Å²) in [5.41, 5.74) is 0. The Morgan fingerprint density at radius 1 is 1.71 bits per heavy atom. The van der Waals surface area contributed by atoms with E-state index in [1.165, 1.54) is 12.4 Å². The highest BCUT2D eigenvalue weighted by molar-refractivity contribution is 5.61. The average molecular weight is 95.1 g/mol. The molecule has 0 fully saturated rings. The lowest BCUT2D eigenvalue weighted by Crippen LogP contribution is -2.18. The molecule has 0 aliphatic carbocycles. The van der Waals surface area contributed by atoms with Crippen molar-refractivity contribution >= 4 is 6.21 Å². The van der Waals surface area contributed by atoms with Gasteiger partial charge in [0, 0.05) is 18.6 Å². The second-order valence-corrected chi connectivity index (χ2v) is 1.25. The first kappa shape index (κ1) is 4.33. The summed E-state index contributed by atoms with van der Waals surface area (Å²) in [5.74, 6) is 8.56. The summed E-state index contributed by atoms with van der Waals surface area (Å²) in [4.78, 5) is 3.72. The lowest BCUT2D eigenvalue weighted by Gasteiger charge is -2.06. The van der Waals surface area contributed by atoms with E-state index in [0.29, 0.717) is 6.54 Å². The van der Waals surface area contributed by atoms with E-state index in [-0.39, 0.29) is 0 Å². The molecule has 3 nitrogen and oxygen atoms in total. The minimum Gasteiger partial charge on any atom is -0.273 e. The molecule has 3 heteroatoms.